The topological polar surface area (TPSA) is 210 Å². The summed E-state index contributed by atoms with van der Waals surface area (Å²) < 4.78 is 1.90. The number of nitro benzene ring substituents is 4. The Morgan fingerprint density at radius 1 is 0.800 bits per heavy atom. The van der Waals surface area contributed by atoms with Gasteiger partial charge in [0.15, 0.2) is 0 Å². The number of non-ortho nitro benzene ring substituents is 2. The quantitative estimate of drug-likeness (QED) is 0.314. The van der Waals surface area contributed by atoms with Crippen LogP contribution in [0.2, 0.25) is 0 Å². The smallest absolute Gasteiger partial charge is 0.324 e. The van der Waals surface area contributed by atoms with E-state index in [2.05, 4.69) is 4.98 Å². The van der Waals surface area contributed by atoms with Gasteiger partial charge in [-0.3, -0.25) is 40.5 Å². The van der Waals surface area contributed by atoms with Gasteiger partial charge in [-0.2, -0.15) is 0 Å². The van der Waals surface area contributed by atoms with Crippen molar-refractivity contribution in [2.24, 2.45) is 0 Å². The molecule has 2 aromatic carbocycles. The Hall–Kier alpha value is -5.47. The second-order valence-corrected chi connectivity index (χ2v) is 7.01. The van der Waals surface area contributed by atoms with E-state index < -0.39 is 42.5 Å². The summed E-state index contributed by atoms with van der Waals surface area (Å²) in [6.45, 7) is 2.00. The third kappa shape index (κ3) is 5.30. The van der Waals surface area contributed by atoms with E-state index >= 15 is 0 Å². The van der Waals surface area contributed by atoms with Crippen molar-refractivity contribution in [2.75, 3.05) is 0 Å². The van der Waals surface area contributed by atoms with E-state index in [1.807, 2.05) is 41.9 Å². The SMILES string of the molecule is Cc1ccn2cc(-c3cccc([N+](=O)[O-])c3)nc2c1.O=[N+]([O-])c1cc([N+](=O)[O-])c(O)c([N+](=O)[O-])c1. The average molecular weight is 482 g/mol. The number of nitrogens with zero attached hydrogens (tertiary/aromatic N) is 6. The monoisotopic (exact) mass is 482 g/mol. The number of imidazole rings is 1. The van der Waals surface area contributed by atoms with Crippen molar-refractivity contribution in [1.82, 2.24) is 9.38 Å². The molecule has 15 nitrogen and oxygen atoms in total. The summed E-state index contributed by atoms with van der Waals surface area (Å²) in [5, 5.41) is 51.0. The molecule has 0 spiro atoms. The third-order valence-corrected chi connectivity index (χ3v) is 4.63. The van der Waals surface area contributed by atoms with Crippen LogP contribution in [0.1, 0.15) is 5.56 Å². The first-order valence-electron chi connectivity index (χ1n) is 9.48. The maximum absolute atomic E-state index is 10.8. The largest absolute Gasteiger partial charge is 0.497 e. The maximum Gasteiger partial charge on any atom is 0.324 e. The van der Waals surface area contributed by atoms with Gasteiger partial charge in [-0.1, -0.05) is 12.1 Å². The molecule has 0 unspecified atom stereocenters. The first kappa shape index (κ1) is 24.2. The van der Waals surface area contributed by atoms with Crippen LogP contribution in [0.5, 0.6) is 5.75 Å². The molecule has 0 bridgehead atoms. The number of hydrogen-bond acceptors (Lipinski definition) is 10. The normalized spacial score (nSPS) is 10.3. The number of aromatic nitrogens is 2. The Bertz CT molecular complexity index is 1460. The highest BCUT2D eigenvalue weighted by molar-refractivity contribution is 5.66. The molecule has 0 amide bonds. The highest BCUT2D eigenvalue weighted by Gasteiger charge is 2.30. The van der Waals surface area contributed by atoms with Crippen LogP contribution < -0.4 is 0 Å². The van der Waals surface area contributed by atoms with E-state index in [0.29, 0.717) is 12.1 Å². The summed E-state index contributed by atoms with van der Waals surface area (Å²) in [6, 6.07) is 11.4. The highest BCUT2D eigenvalue weighted by atomic mass is 16.6. The van der Waals surface area contributed by atoms with Crippen LogP contribution in [0.15, 0.2) is 60.9 Å². The predicted molar refractivity (Wildman–Crippen MR) is 120 cm³/mol. The fourth-order valence-electron chi connectivity index (χ4n) is 2.98. The van der Waals surface area contributed by atoms with Gasteiger partial charge >= 0.3 is 11.4 Å². The van der Waals surface area contributed by atoms with Crippen molar-refractivity contribution < 1.29 is 24.8 Å². The Kier molecular flexibility index (Phi) is 6.61. The fraction of sp³-hybridized carbons (Fsp3) is 0.0500. The number of hydrogen-bond donors (Lipinski definition) is 1. The summed E-state index contributed by atoms with van der Waals surface area (Å²) in [5.41, 5.74) is 0.513. The molecule has 0 saturated heterocycles. The van der Waals surface area contributed by atoms with Gasteiger partial charge < -0.3 is 9.51 Å². The Morgan fingerprint density at radius 2 is 1.40 bits per heavy atom. The minimum absolute atomic E-state index is 0.0748. The molecule has 35 heavy (non-hydrogen) atoms. The summed E-state index contributed by atoms with van der Waals surface area (Å²) in [5.74, 6) is -1.21. The molecule has 178 valence electrons. The van der Waals surface area contributed by atoms with Crippen molar-refractivity contribution in [3.8, 4) is 17.0 Å². The van der Waals surface area contributed by atoms with Crippen LogP contribution >= 0.6 is 0 Å². The van der Waals surface area contributed by atoms with Gasteiger partial charge in [0.2, 0.25) is 0 Å². The molecule has 0 fully saturated rings. The van der Waals surface area contributed by atoms with Gasteiger partial charge in [0.25, 0.3) is 17.1 Å². The lowest BCUT2D eigenvalue weighted by atomic mass is 10.1. The zero-order valence-corrected chi connectivity index (χ0v) is 17.7. The van der Waals surface area contributed by atoms with Gasteiger partial charge in [-0.05, 0) is 24.6 Å². The van der Waals surface area contributed by atoms with Crippen LogP contribution in [-0.2, 0) is 0 Å². The number of benzene rings is 2. The number of fused-ring (bicyclic) bond motifs is 1. The van der Waals surface area contributed by atoms with Crippen molar-refractivity contribution in [1.29, 1.82) is 0 Å². The molecule has 1 N–H and O–H groups in total. The number of nitro groups is 4. The number of phenols is 1. The van der Waals surface area contributed by atoms with Crippen LogP contribution in [0.4, 0.5) is 22.7 Å². The lowest BCUT2D eigenvalue weighted by Gasteiger charge is -1.97. The minimum atomic E-state index is -1.21. The van der Waals surface area contributed by atoms with E-state index in [1.165, 1.54) is 12.1 Å². The Labute approximate surface area is 194 Å². The van der Waals surface area contributed by atoms with Gasteiger partial charge in [-0.15, -0.1) is 0 Å². The van der Waals surface area contributed by atoms with Gasteiger partial charge in [0.05, 0.1) is 37.5 Å². The molecular weight excluding hydrogens is 468 g/mol. The zero-order chi connectivity index (χ0) is 25.9. The lowest BCUT2D eigenvalue weighted by molar-refractivity contribution is -0.404. The highest BCUT2D eigenvalue weighted by Crippen LogP contribution is 2.39. The summed E-state index contributed by atoms with van der Waals surface area (Å²) in [4.78, 5) is 42.6. The molecule has 0 aliphatic carbocycles. The molecular formula is C20H14N6O9. The molecule has 0 aliphatic rings. The van der Waals surface area contributed by atoms with E-state index in [-0.39, 0.29) is 5.69 Å². The standard InChI is InChI=1S/C14H11N3O2.C6H3N3O7/c1-10-5-6-16-9-13(15-14(16)7-10)11-3-2-4-12(8-11)17(18)19;10-6-4(8(13)14)1-3(7(11)12)2-5(6)9(15)16/h2-9H,1H3;1-2,10H. The molecule has 2 heterocycles. The Balaban J connectivity index is 0.000000199. The fourth-order valence-corrected chi connectivity index (χ4v) is 2.98. The van der Waals surface area contributed by atoms with Gasteiger partial charge in [-0.25, -0.2) is 4.98 Å². The molecule has 2 aromatic heterocycles. The number of rotatable bonds is 5. The molecule has 0 radical (unpaired) electrons. The van der Waals surface area contributed by atoms with Crippen molar-refractivity contribution in [2.45, 2.75) is 6.92 Å². The summed E-state index contributed by atoms with van der Waals surface area (Å²) in [6.07, 6.45) is 3.80. The molecule has 0 aliphatic heterocycles. The predicted octanol–water partition coefficient (Wildman–Crippen LogP) is 4.33. The van der Waals surface area contributed by atoms with Crippen LogP contribution in [0.25, 0.3) is 16.9 Å². The Morgan fingerprint density at radius 3 is 1.94 bits per heavy atom. The molecule has 0 saturated carbocycles. The number of aromatic hydroxyl groups is 1. The van der Waals surface area contributed by atoms with Crippen molar-refractivity contribution in [3.05, 3.63) is 107 Å². The van der Waals surface area contributed by atoms with Gasteiger partial charge in [0.1, 0.15) is 5.65 Å². The van der Waals surface area contributed by atoms with Crippen LogP contribution in [0, 0.1) is 47.4 Å². The first-order valence-corrected chi connectivity index (χ1v) is 9.48. The van der Waals surface area contributed by atoms with Crippen LogP contribution in [0.3, 0.4) is 0 Å². The van der Waals surface area contributed by atoms with E-state index in [0.717, 1.165) is 22.5 Å². The van der Waals surface area contributed by atoms with Crippen LogP contribution in [-0.4, -0.2) is 34.2 Å². The number of phenolic OH excluding ortho intramolecular Hbond substituents is 1. The maximum atomic E-state index is 10.8. The molecule has 4 aromatic rings. The van der Waals surface area contributed by atoms with E-state index in [4.69, 9.17) is 5.11 Å². The second-order valence-electron chi connectivity index (χ2n) is 7.01. The molecule has 4 rings (SSSR count). The first-order chi connectivity index (χ1) is 16.5. The lowest BCUT2D eigenvalue weighted by Crippen LogP contribution is -1.97. The van der Waals surface area contributed by atoms with E-state index in [1.54, 1.807) is 6.07 Å². The van der Waals surface area contributed by atoms with Crippen molar-refractivity contribution >= 4 is 28.4 Å². The third-order valence-electron chi connectivity index (χ3n) is 4.63. The minimum Gasteiger partial charge on any atom is -0.497 e. The number of aryl methyl sites for hydroxylation is 1. The molecule has 0 atom stereocenters. The number of pyridine rings is 1. The zero-order valence-electron chi connectivity index (χ0n) is 17.7. The summed E-state index contributed by atoms with van der Waals surface area (Å²) >= 11 is 0. The average Bonchev–Trinajstić information content (AvgIpc) is 3.22. The van der Waals surface area contributed by atoms with E-state index in [9.17, 15) is 40.5 Å². The van der Waals surface area contributed by atoms with Crippen molar-refractivity contribution in [3.63, 3.8) is 0 Å². The second kappa shape index (κ2) is 9.57. The van der Waals surface area contributed by atoms with Gasteiger partial charge in [0, 0.05) is 30.1 Å². The molecule has 15 heteroatoms. The summed E-state index contributed by atoms with van der Waals surface area (Å²) in [7, 11) is 0.